The van der Waals surface area contributed by atoms with Gasteiger partial charge in [-0.05, 0) is 46.1 Å². The molecule has 0 saturated carbocycles. The minimum absolute atomic E-state index is 0.0430. The number of nitrogens with zero attached hydrogens (tertiary/aromatic N) is 3. The minimum atomic E-state index is -1.40. The van der Waals surface area contributed by atoms with Crippen molar-refractivity contribution in [2.75, 3.05) is 12.3 Å². The monoisotopic (exact) mass is 425 g/mol. The Bertz CT molecular complexity index is 922. The number of hydrogen-bond acceptors (Lipinski definition) is 7. The molecule has 8 nitrogen and oxygen atoms in total. The van der Waals surface area contributed by atoms with Gasteiger partial charge in [0, 0.05) is 24.7 Å². The molecular formula is C18H23N3O5S2. The van der Waals surface area contributed by atoms with Crippen molar-refractivity contribution in [2.24, 2.45) is 0 Å². The second-order valence-corrected chi connectivity index (χ2v) is 10.4. The number of aromatic nitrogens is 1. The molecule has 1 aromatic heterocycles. The van der Waals surface area contributed by atoms with Gasteiger partial charge in [-0.15, -0.1) is 11.3 Å². The number of non-ortho nitro benzene ring substituents is 1. The van der Waals surface area contributed by atoms with Gasteiger partial charge < -0.3 is 9.64 Å². The van der Waals surface area contributed by atoms with Crippen LogP contribution >= 0.6 is 11.3 Å². The van der Waals surface area contributed by atoms with Crippen molar-refractivity contribution in [1.29, 1.82) is 0 Å². The third-order valence-electron chi connectivity index (χ3n) is 4.36. The fourth-order valence-electron chi connectivity index (χ4n) is 3.09. The van der Waals surface area contributed by atoms with Crippen LogP contribution < -0.4 is 0 Å². The Morgan fingerprint density at radius 1 is 1.43 bits per heavy atom. The number of carbonyl (C=O) groups excluding carboxylic acids is 1. The topological polar surface area (TPSA) is 103 Å². The van der Waals surface area contributed by atoms with Gasteiger partial charge in [-0.1, -0.05) is 0 Å². The molecule has 0 radical (unpaired) electrons. The standard InChI is InChI=1S/C18H23N3O5S2/c1-18(2,3)26-17(22)20-9-5-4-6-13(20)11-28(25)16-19-14-10-12(21(23)24)7-8-15(14)27-16/h7-8,10,13H,4-6,9,11H2,1-3H3/t13-,28+/m0/s1. The summed E-state index contributed by atoms with van der Waals surface area (Å²) in [5.74, 6) is 0.279. The number of ether oxygens (including phenoxy) is 1. The van der Waals surface area contributed by atoms with Crippen LogP contribution in [0.3, 0.4) is 0 Å². The summed E-state index contributed by atoms with van der Waals surface area (Å²) < 4.78 is 19.6. The lowest BCUT2D eigenvalue weighted by molar-refractivity contribution is -0.384. The molecule has 2 heterocycles. The Kier molecular flexibility index (Phi) is 5.99. The van der Waals surface area contributed by atoms with E-state index in [1.807, 2.05) is 20.8 Å². The molecule has 0 unspecified atom stereocenters. The van der Waals surface area contributed by atoms with E-state index in [-0.39, 0.29) is 23.6 Å². The molecule has 1 saturated heterocycles. The first-order chi connectivity index (χ1) is 13.1. The van der Waals surface area contributed by atoms with Crippen LogP contribution in [0.25, 0.3) is 10.2 Å². The number of hydrogen-bond donors (Lipinski definition) is 0. The van der Waals surface area contributed by atoms with Gasteiger partial charge in [-0.2, -0.15) is 0 Å². The van der Waals surface area contributed by atoms with Crippen LogP contribution in [0, 0.1) is 10.1 Å². The Balaban J connectivity index is 1.75. The number of carbonyl (C=O) groups is 1. The largest absolute Gasteiger partial charge is 0.444 e. The maximum absolute atomic E-state index is 12.9. The van der Waals surface area contributed by atoms with Gasteiger partial charge in [0.05, 0.1) is 31.7 Å². The number of fused-ring (bicyclic) bond motifs is 1. The van der Waals surface area contributed by atoms with Gasteiger partial charge in [0.1, 0.15) is 5.60 Å². The van der Waals surface area contributed by atoms with Crippen LogP contribution in [0.4, 0.5) is 10.5 Å². The number of thiazole rings is 1. The molecule has 0 spiro atoms. The molecular weight excluding hydrogens is 402 g/mol. The normalized spacial score (nSPS) is 18.8. The van der Waals surface area contributed by atoms with Crippen molar-refractivity contribution in [3.63, 3.8) is 0 Å². The highest BCUT2D eigenvalue weighted by Crippen LogP contribution is 2.29. The highest BCUT2D eigenvalue weighted by Gasteiger charge is 2.32. The summed E-state index contributed by atoms with van der Waals surface area (Å²) in [7, 11) is -1.40. The third-order valence-corrected chi connectivity index (χ3v) is 7.16. The number of piperidine rings is 1. The summed E-state index contributed by atoms with van der Waals surface area (Å²) in [6, 6.07) is 4.25. The smallest absolute Gasteiger partial charge is 0.410 e. The van der Waals surface area contributed by atoms with E-state index in [9.17, 15) is 19.1 Å². The van der Waals surface area contributed by atoms with Crippen LogP contribution in [0.5, 0.6) is 0 Å². The minimum Gasteiger partial charge on any atom is -0.444 e. The van der Waals surface area contributed by atoms with E-state index in [0.717, 1.165) is 24.0 Å². The Morgan fingerprint density at radius 3 is 2.86 bits per heavy atom. The van der Waals surface area contributed by atoms with E-state index in [2.05, 4.69) is 4.98 Å². The number of amides is 1. The van der Waals surface area contributed by atoms with Crippen LogP contribution in [-0.2, 0) is 15.5 Å². The molecule has 1 aliphatic rings. The molecule has 1 fully saturated rings. The second kappa shape index (κ2) is 8.12. The zero-order valence-electron chi connectivity index (χ0n) is 16.0. The van der Waals surface area contributed by atoms with Gasteiger partial charge in [0.15, 0.2) is 4.34 Å². The zero-order valence-corrected chi connectivity index (χ0v) is 17.7. The molecule has 0 N–H and O–H groups in total. The highest BCUT2D eigenvalue weighted by molar-refractivity contribution is 7.87. The first kappa shape index (κ1) is 20.7. The van der Waals surface area contributed by atoms with Crippen molar-refractivity contribution in [1.82, 2.24) is 9.88 Å². The fourth-order valence-corrected chi connectivity index (χ4v) is 5.65. The van der Waals surface area contributed by atoms with Crippen molar-refractivity contribution in [3.05, 3.63) is 28.3 Å². The van der Waals surface area contributed by atoms with Crippen LogP contribution in [0.1, 0.15) is 40.0 Å². The van der Waals surface area contributed by atoms with Crippen molar-refractivity contribution in [3.8, 4) is 0 Å². The average Bonchev–Trinajstić information content (AvgIpc) is 3.04. The predicted octanol–water partition coefficient (Wildman–Crippen LogP) is 4.10. The molecule has 1 amide bonds. The van der Waals surface area contributed by atoms with E-state index in [1.165, 1.54) is 23.5 Å². The maximum atomic E-state index is 12.9. The van der Waals surface area contributed by atoms with E-state index < -0.39 is 21.3 Å². The summed E-state index contributed by atoms with van der Waals surface area (Å²) >= 11 is 1.27. The summed E-state index contributed by atoms with van der Waals surface area (Å²) in [5.41, 5.74) is -0.159. The number of benzene rings is 1. The molecule has 0 aliphatic carbocycles. The number of nitro groups is 1. The average molecular weight is 426 g/mol. The molecule has 1 aliphatic heterocycles. The summed E-state index contributed by atoms with van der Waals surface area (Å²) in [5, 5.41) is 10.9. The second-order valence-electron chi connectivity index (χ2n) is 7.72. The summed E-state index contributed by atoms with van der Waals surface area (Å²) in [6.07, 6.45) is 2.25. The lowest BCUT2D eigenvalue weighted by atomic mass is 10.0. The van der Waals surface area contributed by atoms with Gasteiger partial charge in [-0.3, -0.25) is 14.3 Å². The quantitative estimate of drug-likeness (QED) is 0.540. The summed E-state index contributed by atoms with van der Waals surface area (Å²) in [4.78, 5) is 29.0. The Hall–Kier alpha value is -2.07. The van der Waals surface area contributed by atoms with Crippen molar-refractivity contribution < 1.29 is 18.7 Å². The van der Waals surface area contributed by atoms with Gasteiger partial charge >= 0.3 is 6.09 Å². The van der Waals surface area contributed by atoms with E-state index in [4.69, 9.17) is 4.74 Å². The van der Waals surface area contributed by atoms with E-state index in [1.54, 1.807) is 11.0 Å². The van der Waals surface area contributed by atoms with E-state index >= 15 is 0 Å². The Labute approximate surface area is 169 Å². The molecule has 28 heavy (non-hydrogen) atoms. The SMILES string of the molecule is CC(C)(C)OC(=O)N1CCCC[C@H]1C[S@@](=O)c1nc2cc([N+](=O)[O-])ccc2s1. The number of nitro benzene ring substituents is 1. The van der Waals surface area contributed by atoms with Crippen molar-refractivity contribution >= 4 is 44.1 Å². The van der Waals surface area contributed by atoms with Crippen molar-refractivity contribution in [2.45, 2.75) is 56.0 Å². The maximum Gasteiger partial charge on any atom is 0.410 e. The molecule has 2 atom stereocenters. The highest BCUT2D eigenvalue weighted by atomic mass is 32.2. The molecule has 10 heteroatoms. The molecule has 3 rings (SSSR count). The lowest BCUT2D eigenvalue weighted by Gasteiger charge is -2.36. The molecule has 1 aromatic carbocycles. The molecule has 152 valence electrons. The third kappa shape index (κ3) is 4.85. The Morgan fingerprint density at radius 2 is 2.18 bits per heavy atom. The molecule has 2 aromatic rings. The van der Waals surface area contributed by atoms with E-state index in [0.29, 0.717) is 16.4 Å². The van der Waals surface area contributed by atoms with Crippen LogP contribution in [0.2, 0.25) is 0 Å². The number of rotatable bonds is 4. The first-order valence-electron chi connectivity index (χ1n) is 9.07. The molecule has 0 bridgehead atoms. The van der Waals surface area contributed by atoms with Crippen LogP contribution in [0.15, 0.2) is 22.5 Å². The van der Waals surface area contributed by atoms with Gasteiger partial charge in [0.2, 0.25) is 0 Å². The predicted molar refractivity (Wildman–Crippen MR) is 108 cm³/mol. The lowest BCUT2D eigenvalue weighted by Crippen LogP contribution is -2.48. The number of likely N-dealkylation sites (tertiary alicyclic amines) is 1. The van der Waals surface area contributed by atoms with Gasteiger partial charge in [-0.25, -0.2) is 9.78 Å². The first-order valence-corrected chi connectivity index (χ1v) is 11.2. The van der Waals surface area contributed by atoms with Gasteiger partial charge in [0.25, 0.3) is 5.69 Å². The summed E-state index contributed by atoms with van der Waals surface area (Å²) in [6.45, 7) is 6.05. The van der Waals surface area contributed by atoms with Crippen LogP contribution in [-0.4, -0.2) is 49.0 Å². The zero-order chi connectivity index (χ0) is 20.5. The fraction of sp³-hybridized carbons (Fsp3) is 0.556.